The lowest BCUT2D eigenvalue weighted by atomic mass is 10.1. The van der Waals surface area contributed by atoms with Gasteiger partial charge >= 0.3 is 0 Å². The SMILES string of the molecule is COc1cc(Cl)cc(CNC(C)c2ccccc2)c1OCc1ccccc1.Cl. The van der Waals surface area contributed by atoms with Crippen LogP contribution >= 0.6 is 24.0 Å². The lowest BCUT2D eigenvalue weighted by Gasteiger charge is -2.19. The van der Waals surface area contributed by atoms with Crippen LogP contribution in [0.5, 0.6) is 11.5 Å². The van der Waals surface area contributed by atoms with E-state index in [1.807, 2.05) is 54.6 Å². The first-order valence-corrected chi connectivity index (χ1v) is 9.36. The molecule has 3 rings (SSSR count). The van der Waals surface area contributed by atoms with Crippen LogP contribution in [0.3, 0.4) is 0 Å². The molecule has 1 unspecified atom stereocenters. The summed E-state index contributed by atoms with van der Waals surface area (Å²) in [5, 5.41) is 4.17. The molecule has 5 heteroatoms. The zero-order chi connectivity index (χ0) is 19.1. The molecule has 28 heavy (non-hydrogen) atoms. The second-order valence-corrected chi connectivity index (χ2v) is 6.82. The van der Waals surface area contributed by atoms with E-state index in [4.69, 9.17) is 21.1 Å². The summed E-state index contributed by atoms with van der Waals surface area (Å²) in [6.07, 6.45) is 0. The van der Waals surface area contributed by atoms with Gasteiger partial charge in [-0.1, -0.05) is 72.3 Å². The molecule has 0 saturated carbocycles. The lowest BCUT2D eigenvalue weighted by Crippen LogP contribution is -2.18. The number of hydrogen-bond donors (Lipinski definition) is 1. The Hall–Kier alpha value is -2.20. The number of hydrogen-bond acceptors (Lipinski definition) is 3. The fraction of sp³-hybridized carbons (Fsp3) is 0.217. The van der Waals surface area contributed by atoms with Crippen molar-refractivity contribution in [2.45, 2.75) is 26.1 Å². The standard InChI is InChI=1S/C23H24ClNO2.ClH/c1-17(19-11-7-4-8-12-19)25-15-20-13-21(24)14-22(26-2)23(20)27-16-18-9-5-3-6-10-18;/h3-14,17,25H,15-16H2,1-2H3;1H. The third-order valence-electron chi connectivity index (χ3n) is 4.44. The van der Waals surface area contributed by atoms with Crippen molar-refractivity contribution in [1.29, 1.82) is 0 Å². The summed E-state index contributed by atoms with van der Waals surface area (Å²) in [4.78, 5) is 0. The first-order chi connectivity index (χ1) is 13.2. The van der Waals surface area contributed by atoms with E-state index in [9.17, 15) is 0 Å². The minimum atomic E-state index is 0. The number of benzene rings is 3. The normalized spacial score (nSPS) is 11.4. The van der Waals surface area contributed by atoms with Gasteiger partial charge in [0.05, 0.1) is 7.11 Å². The highest BCUT2D eigenvalue weighted by Crippen LogP contribution is 2.35. The third-order valence-corrected chi connectivity index (χ3v) is 4.66. The second-order valence-electron chi connectivity index (χ2n) is 6.38. The van der Waals surface area contributed by atoms with E-state index in [1.54, 1.807) is 13.2 Å². The molecule has 3 aromatic rings. The molecule has 0 aliphatic heterocycles. The van der Waals surface area contributed by atoms with Gasteiger partial charge in [0.25, 0.3) is 0 Å². The molecule has 0 spiro atoms. The van der Waals surface area contributed by atoms with Crippen LogP contribution < -0.4 is 14.8 Å². The summed E-state index contributed by atoms with van der Waals surface area (Å²) in [7, 11) is 1.63. The molecular weight excluding hydrogens is 393 g/mol. The van der Waals surface area contributed by atoms with Gasteiger partial charge in [-0.05, 0) is 24.1 Å². The molecule has 0 radical (unpaired) electrons. The highest BCUT2D eigenvalue weighted by molar-refractivity contribution is 6.30. The molecule has 1 atom stereocenters. The minimum absolute atomic E-state index is 0. The monoisotopic (exact) mass is 417 g/mol. The minimum Gasteiger partial charge on any atom is -0.493 e. The van der Waals surface area contributed by atoms with E-state index >= 15 is 0 Å². The average Bonchev–Trinajstić information content (AvgIpc) is 2.72. The molecule has 0 amide bonds. The fourth-order valence-electron chi connectivity index (χ4n) is 2.92. The quantitative estimate of drug-likeness (QED) is 0.473. The maximum atomic E-state index is 6.29. The predicted molar refractivity (Wildman–Crippen MR) is 118 cm³/mol. The molecule has 0 aliphatic carbocycles. The third kappa shape index (κ3) is 5.90. The summed E-state index contributed by atoms with van der Waals surface area (Å²) < 4.78 is 11.6. The highest BCUT2D eigenvalue weighted by atomic mass is 35.5. The number of rotatable bonds is 8. The predicted octanol–water partition coefficient (Wildman–Crippen LogP) is 6.20. The molecular formula is C23H25Cl2NO2. The fourth-order valence-corrected chi connectivity index (χ4v) is 3.15. The first kappa shape index (κ1) is 22.1. The zero-order valence-electron chi connectivity index (χ0n) is 16.0. The lowest BCUT2D eigenvalue weighted by molar-refractivity contribution is 0.280. The first-order valence-electron chi connectivity index (χ1n) is 8.99. The molecule has 0 aliphatic rings. The Kier molecular flexibility index (Phi) is 8.65. The summed E-state index contributed by atoms with van der Waals surface area (Å²) in [6.45, 7) is 3.23. The van der Waals surface area contributed by atoms with E-state index in [1.165, 1.54) is 5.56 Å². The van der Waals surface area contributed by atoms with Crippen molar-refractivity contribution in [3.63, 3.8) is 0 Å². The highest BCUT2D eigenvalue weighted by Gasteiger charge is 2.14. The second kappa shape index (κ2) is 11.0. The van der Waals surface area contributed by atoms with Crippen molar-refractivity contribution in [1.82, 2.24) is 5.32 Å². The summed E-state index contributed by atoms with van der Waals surface area (Å²) in [6, 6.07) is 24.3. The topological polar surface area (TPSA) is 30.5 Å². The molecule has 1 N–H and O–H groups in total. The number of nitrogens with one attached hydrogen (secondary N) is 1. The summed E-state index contributed by atoms with van der Waals surface area (Å²) in [5.74, 6) is 1.36. The van der Waals surface area contributed by atoms with Gasteiger partial charge < -0.3 is 14.8 Å². The Balaban J connectivity index is 0.00000280. The molecule has 3 nitrogen and oxygen atoms in total. The maximum Gasteiger partial charge on any atom is 0.166 e. The largest absolute Gasteiger partial charge is 0.493 e. The van der Waals surface area contributed by atoms with E-state index in [2.05, 4.69) is 24.4 Å². The van der Waals surface area contributed by atoms with E-state index in [-0.39, 0.29) is 18.4 Å². The van der Waals surface area contributed by atoms with Crippen molar-refractivity contribution in [2.24, 2.45) is 0 Å². The number of ether oxygens (including phenoxy) is 2. The Morgan fingerprint density at radius 3 is 2.25 bits per heavy atom. The molecule has 3 aromatic carbocycles. The van der Waals surface area contributed by atoms with Crippen molar-refractivity contribution >= 4 is 24.0 Å². The van der Waals surface area contributed by atoms with Crippen LogP contribution in [0.4, 0.5) is 0 Å². The van der Waals surface area contributed by atoms with Crippen molar-refractivity contribution in [2.75, 3.05) is 7.11 Å². The van der Waals surface area contributed by atoms with E-state index in [0.29, 0.717) is 23.9 Å². The average molecular weight is 418 g/mol. The summed E-state index contributed by atoms with van der Waals surface area (Å²) >= 11 is 6.29. The van der Waals surface area contributed by atoms with Crippen LogP contribution in [0.1, 0.15) is 29.7 Å². The smallest absolute Gasteiger partial charge is 0.166 e. The van der Waals surface area contributed by atoms with Gasteiger partial charge in [-0.3, -0.25) is 0 Å². The van der Waals surface area contributed by atoms with Gasteiger partial charge in [0.2, 0.25) is 0 Å². The van der Waals surface area contributed by atoms with Crippen LogP contribution in [-0.4, -0.2) is 7.11 Å². The van der Waals surface area contributed by atoms with E-state index in [0.717, 1.165) is 16.9 Å². The molecule has 0 saturated heterocycles. The Morgan fingerprint density at radius 2 is 1.61 bits per heavy atom. The van der Waals surface area contributed by atoms with Crippen LogP contribution in [0.25, 0.3) is 0 Å². The molecule has 148 valence electrons. The van der Waals surface area contributed by atoms with Gasteiger partial charge in [0.15, 0.2) is 11.5 Å². The van der Waals surface area contributed by atoms with Crippen molar-refractivity contribution in [3.8, 4) is 11.5 Å². The van der Waals surface area contributed by atoms with Gasteiger partial charge in [-0.25, -0.2) is 0 Å². The molecule has 0 bridgehead atoms. The Labute approximate surface area is 178 Å². The van der Waals surface area contributed by atoms with Crippen LogP contribution in [0.2, 0.25) is 5.02 Å². The van der Waals surface area contributed by atoms with Gasteiger partial charge in [-0.15, -0.1) is 12.4 Å². The van der Waals surface area contributed by atoms with Crippen LogP contribution in [0.15, 0.2) is 72.8 Å². The summed E-state index contributed by atoms with van der Waals surface area (Å²) in [5.41, 5.74) is 3.31. The van der Waals surface area contributed by atoms with Gasteiger partial charge in [0, 0.05) is 29.2 Å². The van der Waals surface area contributed by atoms with Gasteiger partial charge in [-0.2, -0.15) is 0 Å². The van der Waals surface area contributed by atoms with E-state index < -0.39 is 0 Å². The Bertz CT molecular complexity index is 857. The molecule has 0 fully saturated rings. The van der Waals surface area contributed by atoms with Crippen LogP contribution in [0, 0.1) is 0 Å². The van der Waals surface area contributed by atoms with Crippen molar-refractivity contribution < 1.29 is 9.47 Å². The molecule has 0 heterocycles. The molecule has 0 aromatic heterocycles. The number of halogens is 2. The van der Waals surface area contributed by atoms with Gasteiger partial charge in [0.1, 0.15) is 6.61 Å². The van der Waals surface area contributed by atoms with Crippen LogP contribution in [-0.2, 0) is 13.2 Å². The number of methoxy groups -OCH3 is 1. The Morgan fingerprint density at radius 1 is 0.964 bits per heavy atom. The zero-order valence-corrected chi connectivity index (χ0v) is 17.6. The van der Waals surface area contributed by atoms with Crippen molar-refractivity contribution in [3.05, 3.63) is 94.5 Å². The maximum absolute atomic E-state index is 6.29.